The predicted molar refractivity (Wildman–Crippen MR) is 108 cm³/mol. The topological polar surface area (TPSA) is 94.8 Å². The lowest BCUT2D eigenvalue weighted by Gasteiger charge is -2.17. The van der Waals surface area contributed by atoms with E-state index < -0.39 is 18.2 Å². The molecule has 0 saturated heterocycles. The van der Waals surface area contributed by atoms with Crippen molar-refractivity contribution in [1.82, 2.24) is 0 Å². The number of carboxylic acids is 1. The largest absolute Gasteiger partial charge is 0.481 e. The molecule has 1 aromatic rings. The molecule has 0 bridgehead atoms. The van der Waals surface area contributed by atoms with E-state index in [2.05, 4.69) is 0 Å². The van der Waals surface area contributed by atoms with Crippen molar-refractivity contribution in [2.45, 2.75) is 57.2 Å². The average molecular weight is 386 g/mol. The summed E-state index contributed by atoms with van der Waals surface area (Å²) in [4.78, 5) is 22.7. The standard InChI is InChI=1S/C23H30O5/c24-18(13-12-17-8-4-3-5-9-17)14-15-20-19(21(25)16-22(20)26)10-6-1-2-7-11-23(27)28/h1,3-6,8-9,14-15,18-21,24-25H,2,7,10-13,16H2,(H,27,28)/b6-1-,15-14+/t18-,19+,20?,21-/m0/s1. The maximum atomic E-state index is 12.2. The van der Waals surface area contributed by atoms with Crippen LogP contribution in [0.2, 0.25) is 0 Å². The number of carboxylic acid groups (broad SMARTS) is 1. The Kier molecular flexibility index (Phi) is 9.11. The second-order valence-corrected chi connectivity index (χ2v) is 7.40. The van der Waals surface area contributed by atoms with Crippen molar-refractivity contribution in [3.8, 4) is 0 Å². The monoisotopic (exact) mass is 386 g/mol. The third-order valence-corrected chi connectivity index (χ3v) is 5.19. The molecule has 28 heavy (non-hydrogen) atoms. The fourth-order valence-corrected chi connectivity index (χ4v) is 3.57. The van der Waals surface area contributed by atoms with Crippen LogP contribution in [0, 0.1) is 11.8 Å². The molecule has 2 rings (SSSR count). The summed E-state index contributed by atoms with van der Waals surface area (Å²) in [6.07, 6.45) is 9.39. The Morgan fingerprint density at radius 3 is 2.68 bits per heavy atom. The first-order chi connectivity index (χ1) is 13.5. The first kappa shape index (κ1) is 22.1. The van der Waals surface area contributed by atoms with Crippen molar-refractivity contribution in [3.63, 3.8) is 0 Å². The molecule has 1 unspecified atom stereocenters. The van der Waals surface area contributed by atoms with Crippen LogP contribution in [0.15, 0.2) is 54.6 Å². The molecule has 152 valence electrons. The maximum absolute atomic E-state index is 12.2. The maximum Gasteiger partial charge on any atom is 0.303 e. The summed E-state index contributed by atoms with van der Waals surface area (Å²) in [5.74, 6) is -1.38. The minimum absolute atomic E-state index is 0.00304. The van der Waals surface area contributed by atoms with Crippen LogP contribution in [0.4, 0.5) is 0 Å². The second kappa shape index (κ2) is 11.6. The number of benzene rings is 1. The van der Waals surface area contributed by atoms with Crippen LogP contribution < -0.4 is 0 Å². The summed E-state index contributed by atoms with van der Waals surface area (Å²) in [6, 6.07) is 9.93. The average Bonchev–Trinajstić information content (AvgIpc) is 2.94. The van der Waals surface area contributed by atoms with Gasteiger partial charge in [0.15, 0.2) is 0 Å². The number of carbonyl (C=O) groups excluding carboxylic acids is 1. The number of carbonyl (C=O) groups is 2. The van der Waals surface area contributed by atoms with E-state index in [0.717, 1.165) is 12.0 Å². The van der Waals surface area contributed by atoms with Crippen molar-refractivity contribution in [1.29, 1.82) is 0 Å². The molecule has 0 spiro atoms. The summed E-state index contributed by atoms with van der Waals surface area (Å²) >= 11 is 0. The highest BCUT2D eigenvalue weighted by atomic mass is 16.4. The van der Waals surface area contributed by atoms with Crippen molar-refractivity contribution in [3.05, 3.63) is 60.2 Å². The van der Waals surface area contributed by atoms with Crippen LogP contribution >= 0.6 is 0 Å². The summed E-state index contributed by atoms with van der Waals surface area (Å²) in [6.45, 7) is 0. The summed E-state index contributed by atoms with van der Waals surface area (Å²) in [5.41, 5.74) is 1.16. The summed E-state index contributed by atoms with van der Waals surface area (Å²) in [5, 5.41) is 29.0. The molecule has 0 radical (unpaired) electrons. The molecule has 1 saturated carbocycles. The lowest BCUT2D eigenvalue weighted by Crippen LogP contribution is -2.19. The molecule has 0 heterocycles. The lowest BCUT2D eigenvalue weighted by atomic mass is 9.90. The zero-order valence-corrected chi connectivity index (χ0v) is 16.1. The number of rotatable bonds is 11. The molecule has 0 amide bonds. The first-order valence-corrected chi connectivity index (χ1v) is 9.95. The Balaban J connectivity index is 1.82. The fourth-order valence-electron chi connectivity index (χ4n) is 3.57. The normalized spacial score (nSPS) is 23.6. The Labute approximate surface area is 166 Å². The first-order valence-electron chi connectivity index (χ1n) is 9.95. The zero-order chi connectivity index (χ0) is 20.4. The van der Waals surface area contributed by atoms with Gasteiger partial charge in [0, 0.05) is 24.7 Å². The quantitative estimate of drug-likeness (QED) is 0.401. The van der Waals surface area contributed by atoms with Crippen molar-refractivity contribution in [2.75, 3.05) is 0 Å². The van der Waals surface area contributed by atoms with Gasteiger partial charge in [-0.25, -0.2) is 0 Å². The molecule has 1 aliphatic carbocycles. The van der Waals surface area contributed by atoms with Gasteiger partial charge in [0.2, 0.25) is 0 Å². The molecule has 5 nitrogen and oxygen atoms in total. The van der Waals surface area contributed by atoms with Crippen LogP contribution in [-0.2, 0) is 16.0 Å². The Morgan fingerprint density at radius 1 is 1.21 bits per heavy atom. The number of ketones is 1. The molecule has 0 aliphatic heterocycles. The Bertz CT molecular complexity index is 679. The molecule has 3 N–H and O–H groups in total. The lowest BCUT2D eigenvalue weighted by molar-refractivity contribution is -0.137. The molecule has 1 fully saturated rings. The highest BCUT2D eigenvalue weighted by Gasteiger charge is 2.39. The SMILES string of the molecule is O=C(O)CCC/C=C\C[C@@H]1C(/C=C/[C@@H](O)CCc2ccccc2)C(=O)C[C@@H]1O. The van der Waals surface area contributed by atoms with Crippen LogP contribution in [-0.4, -0.2) is 39.3 Å². The van der Waals surface area contributed by atoms with E-state index in [1.54, 1.807) is 12.2 Å². The number of aliphatic carboxylic acids is 1. The van der Waals surface area contributed by atoms with Crippen molar-refractivity contribution < 1.29 is 24.9 Å². The van der Waals surface area contributed by atoms with Gasteiger partial charge >= 0.3 is 5.97 Å². The van der Waals surface area contributed by atoms with Gasteiger partial charge in [-0.2, -0.15) is 0 Å². The fraction of sp³-hybridized carbons (Fsp3) is 0.478. The third-order valence-electron chi connectivity index (χ3n) is 5.19. The van der Waals surface area contributed by atoms with E-state index in [4.69, 9.17) is 5.11 Å². The third kappa shape index (κ3) is 7.41. The minimum atomic E-state index is -0.804. The van der Waals surface area contributed by atoms with Gasteiger partial charge in [-0.3, -0.25) is 9.59 Å². The van der Waals surface area contributed by atoms with Crippen molar-refractivity contribution >= 4 is 11.8 Å². The minimum Gasteiger partial charge on any atom is -0.481 e. The number of aliphatic hydroxyl groups excluding tert-OH is 2. The van der Waals surface area contributed by atoms with E-state index in [0.29, 0.717) is 25.7 Å². The smallest absolute Gasteiger partial charge is 0.303 e. The molecule has 5 heteroatoms. The van der Waals surface area contributed by atoms with E-state index in [1.807, 2.05) is 42.5 Å². The Morgan fingerprint density at radius 2 is 1.96 bits per heavy atom. The van der Waals surface area contributed by atoms with Gasteiger partial charge in [0.25, 0.3) is 0 Å². The van der Waals surface area contributed by atoms with Gasteiger partial charge in [0.05, 0.1) is 12.2 Å². The van der Waals surface area contributed by atoms with Crippen LogP contribution in [0.1, 0.15) is 44.1 Å². The molecule has 4 atom stereocenters. The second-order valence-electron chi connectivity index (χ2n) is 7.40. The molecular weight excluding hydrogens is 356 g/mol. The molecule has 1 aromatic carbocycles. The Hall–Kier alpha value is -2.24. The highest BCUT2D eigenvalue weighted by molar-refractivity contribution is 5.86. The number of hydrogen-bond acceptors (Lipinski definition) is 4. The number of allylic oxidation sites excluding steroid dienone is 3. The van der Waals surface area contributed by atoms with Crippen molar-refractivity contribution in [2.24, 2.45) is 11.8 Å². The van der Waals surface area contributed by atoms with Crippen LogP contribution in [0.25, 0.3) is 0 Å². The van der Waals surface area contributed by atoms with Gasteiger partial charge in [0.1, 0.15) is 5.78 Å². The van der Waals surface area contributed by atoms with Gasteiger partial charge in [-0.15, -0.1) is 0 Å². The number of aliphatic hydroxyl groups is 2. The van der Waals surface area contributed by atoms with E-state index in [-0.39, 0.29) is 30.5 Å². The highest BCUT2D eigenvalue weighted by Crippen LogP contribution is 2.33. The van der Waals surface area contributed by atoms with E-state index in [1.165, 1.54) is 0 Å². The van der Waals surface area contributed by atoms with Crippen LogP contribution in [0.5, 0.6) is 0 Å². The number of Topliss-reactive ketones (excluding diaryl/α,β-unsaturated/α-hetero) is 1. The van der Waals surface area contributed by atoms with E-state index >= 15 is 0 Å². The summed E-state index contributed by atoms with van der Waals surface area (Å²) in [7, 11) is 0. The van der Waals surface area contributed by atoms with Gasteiger partial charge in [-0.05, 0) is 37.7 Å². The molecule has 1 aliphatic rings. The number of unbranched alkanes of at least 4 members (excludes halogenated alkanes) is 1. The summed E-state index contributed by atoms with van der Waals surface area (Å²) < 4.78 is 0. The van der Waals surface area contributed by atoms with Crippen LogP contribution in [0.3, 0.4) is 0 Å². The zero-order valence-electron chi connectivity index (χ0n) is 16.1. The molecular formula is C23H30O5. The molecule has 0 aromatic heterocycles. The van der Waals surface area contributed by atoms with E-state index in [9.17, 15) is 19.8 Å². The van der Waals surface area contributed by atoms with Gasteiger partial charge < -0.3 is 15.3 Å². The van der Waals surface area contributed by atoms with Gasteiger partial charge in [-0.1, -0.05) is 54.6 Å². The predicted octanol–water partition coefficient (Wildman–Crippen LogP) is 3.30. The number of aryl methyl sites for hydroxylation is 1. The number of hydrogen-bond donors (Lipinski definition) is 3.